The second kappa shape index (κ2) is 5.10. The summed E-state index contributed by atoms with van der Waals surface area (Å²) in [5, 5.41) is 3.19. The zero-order valence-corrected chi connectivity index (χ0v) is 12.2. The van der Waals surface area contributed by atoms with Gasteiger partial charge in [0.1, 0.15) is 0 Å². The predicted octanol–water partition coefficient (Wildman–Crippen LogP) is 4.50. The van der Waals surface area contributed by atoms with Crippen LogP contribution in [0.3, 0.4) is 0 Å². The van der Waals surface area contributed by atoms with Crippen LogP contribution >= 0.6 is 15.9 Å². The molecule has 1 heterocycles. The van der Waals surface area contributed by atoms with Gasteiger partial charge in [-0.2, -0.15) is 0 Å². The minimum absolute atomic E-state index is 0.786. The molecule has 3 heteroatoms. The Labute approximate surface area is 120 Å². The van der Waals surface area contributed by atoms with E-state index in [-0.39, 0.29) is 0 Å². The third-order valence-electron chi connectivity index (χ3n) is 3.26. The third kappa shape index (κ3) is 2.26. The van der Waals surface area contributed by atoms with E-state index in [2.05, 4.69) is 56.2 Å². The van der Waals surface area contributed by atoms with Crippen molar-refractivity contribution in [2.24, 2.45) is 0 Å². The number of benzene rings is 2. The summed E-state index contributed by atoms with van der Waals surface area (Å²) in [6.07, 6.45) is 1.90. The molecular formula is C16H13BrN2. The van der Waals surface area contributed by atoms with Crippen LogP contribution in [-0.4, -0.2) is 9.97 Å². The van der Waals surface area contributed by atoms with Crippen molar-refractivity contribution < 1.29 is 0 Å². The predicted molar refractivity (Wildman–Crippen MR) is 82.3 cm³/mol. The van der Waals surface area contributed by atoms with Crippen LogP contribution in [0.25, 0.3) is 22.2 Å². The smallest absolute Gasteiger partial charge is 0.159 e. The van der Waals surface area contributed by atoms with Crippen molar-refractivity contribution in [3.8, 4) is 11.4 Å². The highest BCUT2D eigenvalue weighted by atomic mass is 79.9. The van der Waals surface area contributed by atoms with Crippen LogP contribution < -0.4 is 0 Å². The quantitative estimate of drug-likeness (QED) is 0.651. The zero-order chi connectivity index (χ0) is 13.2. The lowest BCUT2D eigenvalue weighted by Gasteiger charge is -2.07. The average molecular weight is 313 g/mol. The summed E-state index contributed by atoms with van der Waals surface area (Å²) in [5.41, 5.74) is 3.24. The largest absolute Gasteiger partial charge is 0.236 e. The molecule has 0 aliphatic heterocycles. The summed E-state index contributed by atoms with van der Waals surface area (Å²) in [5.74, 6) is 0.791. The van der Waals surface area contributed by atoms with Crippen LogP contribution in [0.15, 0.2) is 48.7 Å². The van der Waals surface area contributed by atoms with Crippen molar-refractivity contribution >= 4 is 26.7 Å². The molecule has 0 saturated heterocycles. The van der Waals surface area contributed by atoms with Crippen LogP contribution in [-0.2, 0) is 5.33 Å². The Morgan fingerprint density at radius 1 is 1.05 bits per heavy atom. The number of hydrogen-bond donors (Lipinski definition) is 0. The second-order valence-corrected chi connectivity index (χ2v) is 5.03. The number of rotatable bonds is 2. The van der Waals surface area contributed by atoms with Crippen LogP contribution in [0, 0.1) is 6.92 Å². The van der Waals surface area contributed by atoms with E-state index in [1.165, 1.54) is 10.8 Å². The van der Waals surface area contributed by atoms with Crippen molar-refractivity contribution in [2.75, 3.05) is 0 Å². The second-order valence-electron chi connectivity index (χ2n) is 4.46. The van der Waals surface area contributed by atoms with Gasteiger partial charge >= 0.3 is 0 Å². The lowest BCUT2D eigenvalue weighted by Crippen LogP contribution is -1.96. The van der Waals surface area contributed by atoms with Crippen molar-refractivity contribution in [1.29, 1.82) is 0 Å². The van der Waals surface area contributed by atoms with Crippen molar-refractivity contribution in [3.05, 3.63) is 59.9 Å². The highest BCUT2D eigenvalue weighted by molar-refractivity contribution is 9.08. The number of aryl methyl sites for hydroxylation is 1. The van der Waals surface area contributed by atoms with Crippen LogP contribution in [0.2, 0.25) is 0 Å². The minimum atomic E-state index is 0.786. The number of nitrogens with zero attached hydrogens (tertiary/aromatic N) is 2. The summed E-state index contributed by atoms with van der Waals surface area (Å²) in [7, 11) is 0. The van der Waals surface area contributed by atoms with Crippen molar-refractivity contribution in [1.82, 2.24) is 9.97 Å². The van der Waals surface area contributed by atoms with Gasteiger partial charge in [0.15, 0.2) is 5.82 Å². The fourth-order valence-electron chi connectivity index (χ4n) is 2.17. The highest BCUT2D eigenvalue weighted by Gasteiger charge is 2.08. The van der Waals surface area contributed by atoms with Gasteiger partial charge in [-0.3, -0.25) is 0 Å². The SMILES string of the molecule is Cc1nc(-c2cccc3ccccc23)ncc1CBr. The van der Waals surface area contributed by atoms with Crippen LogP contribution in [0.4, 0.5) is 0 Å². The molecule has 3 aromatic rings. The maximum absolute atomic E-state index is 4.62. The fourth-order valence-corrected chi connectivity index (χ4v) is 2.72. The molecule has 0 atom stereocenters. The maximum Gasteiger partial charge on any atom is 0.159 e. The Bertz CT molecular complexity index is 732. The Morgan fingerprint density at radius 2 is 1.84 bits per heavy atom. The standard InChI is InChI=1S/C16H13BrN2/c1-11-13(9-17)10-18-16(19-11)15-8-4-6-12-5-2-3-7-14(12)15/h2-8,10H,9H2,1H3. The molecule has 0 aliphatic rings. The van der Waals surface area contributed by atoms with Crippen LogP contribution in [0.1, 0.15) is 11.3 Å². The molecule has 2 nitrogen and oxygen atoms in total. The molecule has 0 amide bonds. The third-order valence-corrected chi connectivity index (χ3v) is 3.86. The van der Waals surface area contributed by atoms with E-state index >= 15 is 0 Å². The first-order valence-electron chi connectivity index (χ1n) is 6.16. The van der Waals surface area contributed by atoms with Gasteiger partial charge in [-0.15, -0.1) is 0 Å². The van der Waals surface area contributed by atoms with Crippen molar-refractivity contribution in [2.45, 2.75) is 12.3 Å². The van der Waals surface area contributed by atoms with E-state index < -0.39 is 0 Å². The summed E-state index contributed by atoms with van der Waals surface area (Å²) in [6.45, 7) is 2.02. The van der Waals surface area contributed by atoms with E-state index in [4.69, 9.17) is 0 Å². The first-order valence-corrected chi connectivity index (χ1v) is 7.28. The summed E-state index contributed by atoms with van der Waals surface area (Å²) >= 11 is 3.45. The average Bonchev–Trinajstić information content (AvgIpc) is 2.46. The molecule has 94 valence electrons. The van der Waals surface area contributed by atoms with E-state index in [0.29, 0.717) is 0 Å². The van der Waals surface area contributed by atoms with E-state index in [1.54, 1.807) is 0 Å². The normalized spacial score (nSPS) is 10.8. The lowest BCUT2D eigenvalue weighted by atomic mass is 10.0. The molecule has 0 saturated carbocycles. The molecule has 0 aliphatic carbocycles. The molecule has 0 fully saturated rings. The van der Waals surface area contributed by atoms with Crippen molar-refractivity contribution in [3.63, 3.8) is 0 Å². The summed E-state index contributed by atoms with van der Waals surface area (Å²) in [4.78, 5) is 9.11. The molecular weight excluding hydrogens is 300 g/mol. The monoisotopic (exact) mass is 312 g/mol. The number of fused-ring (bicyclic) bond motifs is 1. The van der Waals surface area contributed by atoms with E-state index in [0.717, 1.165) is 28.0 Å². The lowest BCUT2D eigenvalue weighted by molar-refractivity contribution is 1.07. The molecule has 0 spiro atoms. The molecule has 0 bridgehead atoms. The van der Waals surface area contributed by atoms with E-state index in [9.17, 15) is 0 Å². The van der Waals surface area contributed by atoms with Gasteiger partial charge in [-0.05, 0) is 17.7 Å². The van der Waals surface area contributed by atoms with Gasteiger partial charge in [-0.1, -0.05) is 58.4 Å². The summed E-state index contributed by atoms with van der Waals surface area (Å²) < 4.78 is 0. The maximum atomic E-state index is 4.62. The molecule has 2 aromatic carbocycles. The zero-order valence-electron chi connectivity index (χ0n) is 10.6. The molecule has 1 aromatic heterocycles. The molecule has 3 rings (SSSR count). The van der Waals surface area contributed by atoms with Gasteiger partial charge < -0.3 is 0 Å². The molecule has 0 unspecified atom stereocenters. The number of halogens is 1. The van der Waals surface area contributed by atoms with Gasteiger partial charge in [0.25, 0.3) is 0 Å². The Balaban J connectivity index is 2.22. The topological polar surface area (TPSA) is 25.8 Å². The number of alkyl halides is 1. The van der Waals surface area contributed by atoms with Gasteiger partial charge in [0, 0.05) is 28.3 Å². The molecule has 0 N–H and O–H groups in total. The molecule has 19 heavy (non-hydrogen) atoms. The van der Waals surface area contributed by atoms with E-state index in [1.807, 2.05) is 25.3 Å². The first-order chi connectivity index (χ1) is 9.29. The first kappa shape index (κ1) is 12.3. The fraction of sp³-hybridized carbons (Fsp3) is 0.125. The summed E-state index contributed by atoms with van der Waals surface area (Å²) in [6, 6.07) is 14.6. The number of hydrogen-bond acceptors (Lipinski definition) is 2. The van der Waals surface area contributed by atoms with Gasteiger partial charge in [0.05, 0.1) is 0 Å². The van der Waals surface area contributed by atoms with Gasteiger partial charge in [0.2, 0.25) is 0 Å². The number of aromatic nitrogens is 2. The Hall–Kier alpha value is -1.74. The Morgan fingerprint density at radius 3 is 2.63 bits per heavy atom. The minimum Gasteiger partial charge on any atom is -0.236 e. The Kier molecular flexibility index (Phi) is 3.30. The molecule has 0 radical (unpaired) electrons. The highest BCUT2D eigenvalue weighted by Crippen LogP contribution is 2.26. The van der Waals surface area contributed by atoms with Gasteiger partial charge in [-0.25, -0.2) is 9.97 Å². The van der Waals surface area contributed by atoms with Crippen LogP contribution in [0.5, 0.6) is 0 Å².